The average Bonchev–Trinajstić information content (AvgIpc) is 3.80. The highest BCUT2D eigenvalue weighted by Gasteiger charge is 2.19. The SMILES string of the molecule is c1ccc(-n2c3ccc(-c4cccc5c6ccccc6n(-c6cccc(-c7cc(-c8ccccn8)nc(-c8ccccn8)c7)c6)c45)cc3c3cccnc32)cc1. The fraction of sp³-hybridized carbons (Fsp3) is 0. The van der Waals surface area contributed by atoms with Crippen molar-refractivity contribution in [3.63, 3.8) is 0 Å². The number of nitrogens with zero attached hydrogens (tertiary/aromatic N) is 6. The van der Waals surface area contributed by atoms with Crippen LogP contribution < -0.4 is 0 Å². The van der Waals surface area contributed by atoms with Crippen molar-refractivity contribution in [1.82, 2.24) is 29.1 Å². The zero-order chi connectivity index (χ0) is 37.0. The van der Waals surface area contributed by atoms with Crippen LogP contribution in [0.25, 0.3) is 100 Å². The van der Waals surface area contributed by atoms with Gasteiger partial charge in [0.2, 0.25) is 0 Å². The minimum absolute atomic E-state index is 0.799. The number of rotatable bonds is 6. The van der Waals surface area contributed by atoms with Crippen LogP contribution in [-0.4, -0.2) is 29.1 Å². The maximum absolute atomic E-state index is 5.02. The van der Waals surface area contributed by atoms with Gasteiger partial charge in [0.15, 0.2) is 0 Å². The molecule has 0 unspecified atom stereocenters. The molecule has 6 heterocycles. The standard InChI is InChI=1S/C50H32N6/c1-2-14-36(15-3-1)56-48-25-24-34(30-42(48)41-20-12-28-53-50(41)56)38-18-11-19-40-39-17-4-5-23-47(39)55(49(38)40)37-16-10-13-33(29-37)35-31-45(43-21-6-8-26-51-43)54-46(32-35)44-22-7-9-27-52-44/h1-32H. The van der Waals surface area contributed by atoms with Gasteiger partial charge in [-0.25, -0.2) is 9.97 Å². The Kier molecular flexibility index (Phi) is 7.38. The van der Waals surface area contributed by atoms with Crippen LogP contribution in [0.5, 0.6) is 0 Å². The van der Waals surface area contributed by atoms with Gasteiger partial charge in [-0.05, 0) is 108 Å². The number of pyridine rings is 4. The highest BCUT2D eigenvalue weighted by molar-refractivity contribution is 6.15. The van der Waals surface area contributed by atoms with Crippen LogP contribution in [0.3, 0.4) is 0 Å². The van der Waals surface area contributed by atoms with E-state index in [0.717, 1.165) is 84.0 Å². The molecule has 6 heteroatoms. The van der Waals surface area contributed by atoms with Gasteiger partial charge in [0.25, 0.3) is 0 Å². The highest BCUT2D eigenvalue weighted by Crippen LogP contribution is 2.41. The summed E-state index contributed by atoms with van der Waals surface area (Å²) in [6.07, 6.45) is 5.49. The number of para-hydroxylation sites is 3. The van der Waals surface area contributed by atoms with Crippen LogP contribution in [0.1, 0.15) is 0 Å². The van der Waals surface area contributed by atoms with Gasteiger partial charge in [-0.3, -0.25) is 14.5 Å². The van der Waals surface area contributed by atoms with Crippen LogP contribution in [0.2, 0.25) is 0 Å². The highest BCUT2D eigenvalue weighted by atomic mass is 15.0. The largest absolute Gasteiger partial charge is 0.309 e. The molecule has 6 nitrogen and oxygen atoms in total. The van der Waals surface area contributed by atoms with Gasteiger partial charge in [-0.1, -0.05) is 84.9 Å². The summed E-state index contributed by atoms with van der Waals surface area (Å²) in [7, 11) is 0. The topological polar surface area (TPSA) is 61.4 Å². The number of benzene rings is 5. The van der Waals surface area contributed by atoms with Crippen LogP contribution in [-0.2, 0) is 0 Å². The molecule has 0 spiro atoms. The fourth-order valence-corrected chi connectivity index (χ4v) is 8.18. The normalized spacial score (nSPS) is 11.6. The van der Waals surface area contributed by atoms with E-state index in [2.05, 4.69) is 146 Å². The first-order chi connectivity index (χ1) is 27.8. The summed E-state index contributed by atoms with van der Waals surface area (Å²) in [5.74, 6) is 0. The van der Waals surface area contributed by atoms with E-state index in [1.165, 1.54) is 16.2 Å². The average molecular weight is 717 g/mol. The minimum Gasteiger partial charge on any atom is -0.309 e. The first-order valence-corrected chi connectivity index (χ1v) is 18.7. The molecular formula is C50H32N6. The quantitative estimate of drug-likeness (QED) is 0.172. The predicted molar refractivity (Wildman–Crippen MR) is 228 cm³/mol. The van der Waals surface area contributed by atoms with Gasteiger partial charge in [-0.15, -0.1) is 0 Å². The Balaban J connectivity index is 1.12. The van der Waals surface area contributed by atoms with Crippen LogP contribution in [0.15, 0.2) is 195 Å². The summed E-state index contributed by atoms with van der Waals surface area (Å²) in [4.78, 5) is 19.2. The van der Waals surface area contributed by atoms with E-state index < -0.39 is 0 Å². The lowest BCUT2D eigenvalue weighted by Crippen LogP contribution is -1.97. The lowest BCUT2D eigenvalue weighted by Gasteiger charge is -2.14. The van der Waals surface area contributed by atoms with Crippen molar-refractivity contribution < 1.29 is 0 Å². The second-order valence-corrected chi connectivity index (χ2v) is 13.9. The molecule has 0 aliphatic carbocycles. The molecule has 0 N–H and O–H groups in total. The van der Waals surface area contributed by atoms with E-state index in [-0.39, 0.29) is 0 Å². The monoisotopic (exact) mass is 716 g/mol. The molecule has 0 aliphatic heterocycles. The van der Waals surface area contributed by atoms with Crippen LogP contribution in [0.4, 0.5) is 0 Å². The van der Waals surface area contributed by atoms with E-state index in [1.807, 2.05) is 54.7 Å². The van der Waals surface area contributed by atoms with E-state index in [1.54, 1.807) is 12.4 Å². The molecule has 11 aromatic rings. The van der Waals surface area contributed by atoms with Crippen LogP contribution in [0, 0.1) is 0 Å². The van der Waals surface area contributed by atoms with Crippen molar-refractivity contribution in [2.45, 2.75) is 0 Å². The van der Waals surface area contributed by atoms with Gasteiger partial charge in [-0.2, -0.15) is 0 Å². The van der Waals surface area contributed by atoms with Gasteiger partial charge < -0.3 is 4.57 Å². The molecule has 11 rings (SSSR count). The number of hydrogen-bond donors (Lipinski definition) is 0. The molecule has 6 aromatic heterocycles. The zero-order valence-corrected chi connectivity index (χ0v) is 30.2. The Morgan fingerprint density at radius 1 is 0.339 bits per heavy atom. The van der Waals surface area contributed by atoms with Crippen molar-refractivity contribution >= 4 is 43.7 Å². The van der Waals surface area contributed by atoms with Crippen molar-refractivity contribution in [3.05, 3.63) is 195 Å². The Morgan fingerprint density at radius 2 is 1.00 bits per heavy atom. The molecule has 0 aliphatic rings. The number of aromatic nitrogens is 6. The Bertz CT molecular complexity index is 3180. The van der Waals surface area contributed by atoms with Crippen molar-refractivity contribution in [2.75, 3.05) is 0 Å². The lowest BCUT2D eigenvalue weighted by molar-refractivity contribution is 1.14. The van der Waals surface area contributed by atoms with Crippen molar-refractivity contribution in [2.24, 2.45) is 0 Å². The van der Waals surface area contributed by atoms with Gasteiger partial charge >= 0.3 is 0 Å². The third-order valence-electron chi connectivity index (χ3n) is 10.7. The minimum atomic E-state index is 0.799. The third-order valence-corrected chi connectivity index (χ3v) is 10.7. The van der Waals surface area contributed by atoms with Crippen molar-refractivity contribution in [3.8, 4) is 56.4 Å². The molecule has 262 valence electrons. The van der Waals surface area contributed by atoms with E-state index >= 15 is 0 Å². The van der Waals surface area contributed by atoms with Gasteiger partial charge in [0.1, 0.15) is 5.65 Å². The molecule has 0 amide bonds. The number of hydrogen-bond acceptors (Lipinski definition) is 4. The zero-order valence-electron chi connectivity index (χ0n) is 30.2. The Hall–Kier alpha value is -7.70. The molecule has 0 saturated heterocycles. The van der Waals surface area contributed by atoms with Gasteiger partial charge in [0, 0.05) is 57.1 Å². The lowest BCUT2D eigenvalue weighted by atomic mass is 9.99. The first kappa shape index (κ1) is 31.8. The summed E-state index contributed by atoms with van der Waals surface area (Å²) in [5.41, 5.74) is 14.2. The molecule has 5 aromatic carbocycles. The second kappa shape index (κ2) is 13.0. The molecule has 0 bridgehead atoms. The molecule has 56 heavy (non-hydrogen) atoms. The number of fused-ring (bicyclic) bond motifs is 6. The molecule has 0 atom stereocenters. The summed E-state index contributed by atoms with van der Waals surface area (Å²) in [5, 5.41) is 4.71. The predicted octanol–water partition coefficient (Wildman–Crippen LogP) is 12.1. The maximum atomic E-state index is 5.02. The Labute approximate surface area is 322 Å². The van der Waals surface area contributed by atoms with Crippen molar-refractivity contribution in [1.29, 1.82) is 0 Å². The summed E-state index contributed by atoms with van der Waals surface area (Å²) >= 11 is 0. The Morgan fingerprint density at radius 3 is 1.79 bits per heavy atom. The smallest absolute Gasteiger partial charge is 0.145 e. The summed E-state index contributed by atoms with van der Waals surface area (Å²) in [6.45, 7) is 0. The summed E-state index contributed by atoms with van der Waals surface area (Å²) < 4.78 is 4.68. The molecule has 0 saturated carbocycles. The first-order valence-electron chi connectivity index (χ1n) is 18.7. The van der Waals surface area contributed by atoms with E-state index in [4.69, 9.17) is 9.97 Å². The third kappa shape index (κ3) is 5.19. The second-order valence-electron chi connectivity index (χ2n) is 13.9. The maximum Gasteiger partial charge on any atom is 0.145 e. The molecule has 0 radical (unpaired) electrons. The van der Waals surface area contributed by atoms with Gasteiger partial charge in [0.05, 0.1) is 39.3 Å². The van der Waals surface area contributed by atoms with E-state index in [0.29, 0.717) is 0 Å². The molecular weight excluding hydrogens is 685 g/mol. The van der Waals surface area contributed by atoms with Crippen LogP contribution >= 0.6 is 0 Å². The summed E-state index contributed by atoms with van der Waals surface area (Å²) in [6, 6.07) is 61.8. The van der Waals surface area contributed by atoms with E-state index in [9.17, 15) is 0 Å². The fourth-order valence-electron chi connectivity index (χ4n) is 8.18. The molecule has 0 fully saturated rings.